The van der Waals surface area contributed by atoms with E-state index in [4.69, 9.17) is 11.0 Å². The Bertz CT molecular complexity index is 178. The van der Waals surface area contributed by atoms with E-state index < -0.39 is 0 Å². The molecule has 0 saturated heterocycles. The summed E-state index contributed by atoms with van der Waals surface area (Å²) < 4.78 is 0. The fraction of sp³-hybridized carbons (Fsp3) is 0.286. The number of hydrogen-bond donors (Lipinski definition) is 1. The van der Waals surface area contributed by atoms with Crippen molar-refractivity contribution < 1.29 is 0 Å². The summed E-state index contributed by atoms with van der Waals surface area (Å²) in [6.07, 6.45) is 3.48. The number of nitrogens with two attached hydrogens (primary N) is 1. The van der Waals surface area contributed by atoms with Crippen LogP contribution in [0.15, 0.2) is 23.4 Å². The van der Waals surface area contributed by atoms with Gasteiger partial charge in [-0.3, -0.25) is 0 Å². The smallest absolute Gasteiger partial charge is 0.101 e. The van der Waals surface area contributed by atoms with Gasteiger partial charge >= 0.3 is 0 Å². The predicted molar refractivity (Wildman–Crippen MR) is 37.3 cm³/mol. The predicted octanol–water partition coefficient (Wildman–Crippen LogP) is 1.32. The molecule has 0 aromatic rings. The zero-order chi connectivity index (χ0) is 7.28. The highest BCUT2D eigenvalue weighted by Gasteiger charge is 1.88. The van der Waals surface area contributed by atoms with Gasteiger partial charge in [-0.2, -0.15) is 5.26 Å². The second-order valence-corrected chi connectivity index (χ2v) is 1.71. The van der Waals surface area contributed by atoms with E-state index >= 15 is 0 Å². The quantitative estimate of drug-likeness (QED) is 0.421. The number of rotatable bonds is 1. The number of nitrogens with zero attached hydrogens (tertiary/aromatic N) is 1. The molecule has 2 N–H and O–H groups in total. The largest absolute Gasteiger partial charge is 0.401 e. The van der Waals surface area contributed by atoms with Crippen LogP contribution in [0.2, 0.25) is 0 Å². The van der Waals surface area contributed by atoms with Gasteiger partial charge in [0.15, 0.2) is 0 Å². The van der Waals surface area contributed by atoms with Gasteiger partial charge in [0, 0.05) is 5.70 Å². The van der Waals surface area contributed by atoms with E-state index in [9.17, 15) is 0 Å². The SMILES string of the molecule is C/C=C\C(C#N)=C(\C)N. The molecule has 0 spiro atoms. The van der Waals surface area contributed by atoms with Crippen molar-refractivity contribution in [3.63, 3.8) is 0 Å². The van der Waals surface area contributed by atoms with Gasteiger partial charge < -0.3 is 5.73 Å². The maximum atomic E-state index is 8.39. The summed E-state index contributed by atoms with van der Waals surface area (Å²) >= 11 is 0. The van der Waals surface area contributed by atoms with Gasteiger partial charge in [-0.15, -0.1) is 0 Å². The molecule has 0 bridgehead atoms. The lowest BCUT2D eigenvalue weighted by atomic mass is 10.2. The van der Waals surface area contributed by atoms with Crippen LogP contribution in [-0.2, 0) is 0 Å². The molecule has 0 aliphatic carbocycles. The minimum absolute atomic E-state index is 0.539. The average molecular weight is 122 g/mol. The Balaban J connectivity index is 4.41. The minimum Gasteiger partial charge on any atom is -0.401 e. The highest BCUT2D eigenvalue weighted by molar-refractivity contribution is 5.35. The van der Waals surface area contributed by atoms with Crippen LogP contribution in [0.25, 0.3) is 0 Å². The van der Waals surface area contributed by atoms with Crippen LogP contribution in [-0.4, -0.2) is 0 Å². The zero-order valence-corrected chi connectivity index (χ0v) is 5.68. The minimum atomic E-state index is 0.539. The fourth-order valence-electron chi connectivity index (χ4n) is 0.424. The Morgan fingerprint density at radius 3 is 2.33 bits per heavy atom. The van der Waals surface area contributed by atoms with Crippen molar-refractivity contribution in [2.24, 2.45) is 5.73 Å². The van der Waals surface area contributed by atoms with Crippen molar-refractivity contribution >= 4 is 0 Å². The zero-order valence-electron chi connectivity index (χ0n) is 5.68. The summed E-state index contributed by atoms with van der Waals surface area (Å²) in [7, 11) is 0. The first-order valence-electron chi connectivity index (χ1n) is 2.71. The monoisotopic (exact) mass is 122 g/mol. The lowest BCUT2D eigenvalue weighted by Gasteiger charge is -1.89. The maximum Gasteiger partial charge on any atom is 0.101 e. The molecule has 0 aliphatic rings. The molecule has 0 atom stereocenters. The Kier molecular flexibility index (Phi) is 3.22. The standard InChI is InChI=1S/C7H10N2/c1-3-4-7(5-8)6(2)9/h3-4H,9H2,1-2H3/b4-3-,7-6+. The van der Waals surface area contributed by atoms with Crippen molar-refractivity contribution in [1.82, 2.24) is 0 Å². The summed E-state index contributed by atoms with van der Waals surface area (Å²) in [5, 5.41) is 8.39. The van der Waals surface area contributed by atoms with Crippen molar-refractivity contribution in [2.75, 3.05) is 0 Å². The molecule has 2 heteroatoms. The summed E-state index contributed by atoms with van der Waals surface area (Å²) in [6.45, 7) is 3.55. The molecule has 0 heterocycles. The topological polar surface area (TPSA) is 49.8 Å². The van der Waals surface area contributed by atoms with Gasteiger partial charge in [-0.1, -0.05) is 6.08 Å². The first-order valence-corrected chi connectivity index (χ1v) is 2.71. The molecule has 0 aromatic heterocycles. The van der Waals surface area contributed by atoms with Gasteiger partial charge in [0.1, 0.15) is 6.07 Å². The fourth-order valence-corrected chi connectivity index (χ4v) is 0.424. The van der Waals surface area contributed by atoms with Crippen LogP contribution in [0, 0.1) is 11.3 Å². The highest BCUT2D eigenvalue weighted by atomic mass is 14.6. The molecular weight excluding hydrogens is 112 g/mol. The summed E-state index contributed by atoms with van der Waals surface area (Å²) in [5.74, 6) is 0. The summed E-state index contributed by atoms with van der Waals surface area (Å²) in [4.78, 5) is 0. The highest BCUT2D eigenvalue weighted by Crippen LogP contribution is 1.97. The second kappa shape index (κ2) is 3.73. The van der Waals surface area contributed by atoms with E-state index in [0.717, 1.165) is 0 Å². The lowest BCUT2D eigenvalue weighted by Crippen LogP contribution is -1.93. The van der Waals surface area contributed by atoms with Crippen molar-refractivity contribution in [3.05, 3.63) is 23.4 Å². The summed E-state index contributed by atoms with van der Waals surface area (Å²) in [5.41, 5.74) is 6.44. The third-order valence-electron chi connectivity index (χ3n) is 0.879. The Morgan fingerprint density at radius 1 is 1.67 bits per heavy atom. The Hall–Kier alpha value is -1.23. The summed E-state index contributed by atoms with van der Waals surface area (Å²) in [6, 6.07) is 1.97. The average Bonchev–Trinajstić information content (AvgIpc) is 1.82. The van der Waals surface area contributed by atoms with Gasteiger partial charge in [0.2, 0.25) is 0 Å². The molecule has 0 fully saturated rings. The van der Waals surface area contributed by atoms with Gasteiger partial charge in [-0.05, 0) is 19.9 Å². The maximum absolute atomic E-state index is 8.39. The van der Waals surface area contributed by atoms with Crippen LogP contribution in [0.5, 0.6) is 0 Å². The van der Waals surface area contributed by atoms with E-state index in [1.54, 1.807) is 19.1 Å². The molecule has 48 valence electrons. The van der Waals surface area contributed by atoms with E-state index in [0.29, 0.717) is 11.3 Å². The molecule has 0 rings (SSSR count). The molecular formula is C7H10N2. The second-order valence-electron chi connectivity index (χ2n) is 1.71. The van der Waals surface area contributed by atoms with Crippen LogP contribution in [0.3, 0.4) is 0 Å². The molecule has 0 aromatic carbocycles. The van der Waals surface area contributed by atoms with Crippen molar-refractivity contribution in [1.29, 1.82) is 5.26 Å². The third kappa shape index (κ3) is 2.55. The normalized spacial score (nSPS) is 13.0. The van der Waals surface area contributed by atoms with E-state index in [2.05, 4.69) is 0 Å². The lowest BCUT2D eigenvalue weighted by molar-refractivity contribution is 1.27. The molecule has 0 amide bonds. The molecule has 2 nitrogen and oxygen atoms in total. The Labute approximate surface area is 55.3 Å². The van der Waals surface area contributed by atoms with Crippen molar-refractivity contribution in [2.45, 2.75) is 13.8 Å². The molecule has 0 saturated carbocycles. The van der Waals surface area contributed by atoms with Crippen LogP contribution >= 0.6 is 0 Å². The number of nitriles is 1. The van der Waals surface area contributed by atoms with E-state index in [1.807, 2.05) is 13.0 Å². The van der Waals surface area contributed by atoms with Crippen LogP contribution in [0.4, 0.5) is 0 Å². The molecule has 0 unspecified atom stereocenters. The number of allylic oxidation sites excluding steroid dienone is 4. The molecule has 0 aliphatic heterocycles. The van der Waals surface area contributed by atoms with Crippen molar-refractivity contribution in [3.8, 4) is 6.07 Å². The van der Waals surface area contributed by atoms with E-state index in [1.165, 1.54) is 0 Å². The molecule has 9 heavy (non-hydrogen) atoms. The van der Waals surface area contributed by atoms with E-state index in [-0.39, 0.29) is 0 Å². The van der Waals surface area contributed by atoms with Gasteiger partial charge in [-0.25, -0.2) is 0 Å². The number of hydrogen-bond acceptors (Lipinski definition) is 2. The molecule has 0 radical (unpaired) electrons. The van der Waals surface area contributed by atoms with Gasteiger partial charge in [0.25, 0.3) is 0 Å². The first kappa shape index (κ1) is 7.77. The Morgan fingerprint density at radius 2 is 2.22 bits per heavy atom. The van der Waals surface area contributed by atoms with Crippen LogP contribution < -0.4 is 5.73 Å². The van der Waals surface area contributed by atoms with Gasteiger partial charge in [0.05, 0.1) is 5.57 Å². The first-order chi connectivity index (χ1) is 4.22. The van der Waals surface area contributed by atoms with Crippen LogP contribution in [0.1, 0.15) is 13.8 Å². The third-order valence-corrected chi connectivity index (χ3v) is 0.879.